The zero-order valence-electron chi connectivity index (χ0n) is 11.6. The van der Waals surface area contributed by atoms with Gasteiger partial charge in [-0.25, -0.2) is 4.98 Å². The Morgan fingerprint density at radius 3 is 3.00 bits per heavy atom. The van der Waals surface area contributed by atoms with Crippen molar-refractivity contribution in [1.82, 2.24) is 10.3 Å². The van der Waals surface area contributed by atoms with E-state index in [0.29, 0.717) is 18.3 Å². The highest BCUT2D eigenvalue weighted by molar-refractivity contribution is 7.99. The zero-order valence-corrected chi connectivity index (χ0v) is 12.5. The summed E-state index contributed by atoms with van der Waals surface area (Å²) in [5.74, 6) is -2.93. The molecule has 1 amide bonds. The van der Waals surface area contributed by atoms with Crippen molar-refractivity contribution in [2.24, 2.45) is 0 Å². The predicted molar refractivity (Wildman–Crippen MR) is 79.6 cm³/mol. The van der Waals surface area contributed by atoms with Crippen LogP contribution in [0.5, 0.6) is 0 Å². The van der Waals surface area contributed by atoms with Crippen molar-refractivity contribution in [3.63, 3.8) is 0 Å². The van der Waals surface area contributed by atoms with Gasteiger partial charge < -0.3 is 5.32 Å². The molecule has 1 aromatic rings. The maximum absolute atomic E-state index is 12.4. The van der Waals surface area contributed by atoms with Crippen molar-refractivity contribution in [1.29, 1.82) is 0 Å². The SMILES string of the molecule is O=C(NCCC1=CCCCC1)c1cccnc1SC(F)F. The van der Waals surface area contributed by atoms with Gasteiger partial charge in [-0.15, -0.1) is 0 Å². The quantitative estimate of drug-likeness (QED) is 0.637. The van der Waals surface area contributed by atoms with Crippen LogP contribution in [0.1, 0.15) is 42.5 Å². The Kier molecular flexibility index (Phi) is 6.17. The van der Waals surface area contributed by atoms with E-state index in [2.05, 4.69) is 16.4 Å². The number of pyridine rings is 1. The van der Waals surface area contributed by atoms with Gasteiger partial charge in [0.25, 0.3) is 11.7 Å². The Morgan fingerprint density at radius 2 is 2.29 bits per heavy atom. The van der Waals surface area contributed by atoms with Gasteiger partial charge in [0.1, 0.15) is 5.03 Å². The molecule has 0 fully saturated rings. The predicted octanol–water partition coefficient (Wildman–Crippen LogP) is 4.02. The molecule has 0 atom stereocenters. The van der Waals surface area contributed by atoms with E-state index in [1.54, 1.807) is 6.07 Å². The van der Waals surface area contributed by atoms with Gasteiger partial charge in [-0.05, 0) is 56.0 Å². The summed E-state index contributed by atoms with van der Waals surface area (Å²) in [6.45, 7) is 0.526. The number of aromatic nitrogens is 1. The van der Waals surface area contributed by atoms with Gasteiger partial charge in [-0.1, -0.05) is 11.6 Å². The standard InChI is InChI=1S/C15H18F2N2OS/c16-15(17)21-14-12(7-4-9-19-14)13(20)18-10-8-11-5-2-1-3-6-11/h4-5,7,9,15H,1-3,6,8,10H2,(H,18,20). The number of hydrogen-bond donors (Lipinski definition) is 1. The average molecular weight is 312 g/mol. The zero-order chi connectivity index (χ0) is 15.1. The number of rotatable bonds is 6. The molecule has 1 N–H and O–H groups in total. The summed E-state index contributed by atoms with van der Waals surface area (Å²) in [5, 5.41) is 2.85. The maximum Gasteiger partial charge on any atom is 0.290 e. The van der Waals surface area contributed by atoms with Crippen molar-refractivity contribution in [2.75, 3.05) is 6.54 Å². The van der Waals surface area contributed by atoms with Gasteiger partial charge in [0.15, 0.2) is 0 Å². The highest BCUT2D eigenvalue weighted by Crippen LogP contribution is 2.26. The Balaban J connectivity index is 1.89. The fourth-order valence-electron chi connectivity index (χ4n) is 2.31. The minimum Gasteiger partial charge on any atom is -0.352 e. The topological polar surface area (TPSA) is 42.0 Å². The largest absolute Gasteiger partial charge is 0.352 e. The van der Waals surface area contributed by atoms with Gasteiger partial charge in [0.05, 0.1) is 5.56 Å². The summed E-state index contributed by atoms with van der Waals surface area (Å²) in [4.78, 5) is 15.9. The van der Waals surface area contributed by atoms with Gasteiger partial charge in [-0.2, -0.15) is 8.78 Å². The highest BCUT2D eigenvalue weighted by Gasteiger charge is 2.16. The number of carbonyl (C=O) groups excluding carboxylic acids is 1. The number of nitrogens with zero attached hydrogens (tertiary/aromatic N) is 1. The number of thioether (sulfide) groups is 1. The Bertz CT molecular complexity index is 520. The lowest BCUT2D eigenvalue weighted by Crippen LogP contribution is -2.25. The second-order valence-corrected chi connectivity index (χ2v) is 5.83. The molecule has 3 nitrogen and oxygen atoms in total. The van der Waals surface area contributed by atoms with Crippen LogP contribution in [0.15, 0.2) is 35.0 Å². The second kappa shape index (κ2) is 8.12. The first-order chi connectivity index (χ1) is 10.2. The van der Waals surface area contributed by atoms with Crippen LogP contribution in [0.4, 0.5) is 8.78 Å². The number of nitrogens with one attached hydrogen (secondary N) is 1. The molecule has 0 spiro atoms. The molecule has 6 heteroatoms. The summed E-state index contributed by atoms with van der Waals surface area (Å²) >= 11 is 0.298. The monoisotopic (exact) mass is 312 g/mol. The van der Waals surface area contributed by atoms with Crippen LogP contribution in [0.25, 0.3) is 0 Å². The minimum atomic E-state index is -2.58. The minimum absolute atomic E-state index is 0.0712. The molecule has 1 aromatic heterocycles. The first-order valence-electron chi connectivity index (χ1n) is 7.03. The maximum atomic E-state index is 12.4. The van der Waals surface area contributed by atoms with Gasteiger partial charge in [-0.3, -0.25) is 4.79 Å². The van der Waals surface area contributed by atoms with Crippen molar-refractivity contribution in [2.45, 2.75) is 42.9 Å². The number of hydrogen-bond acceptors (Lipinski definition) is 3. The van der Waals surface area contributed by atoms with E-state index in [9.17, 15) is 13.6 Å². The van der Waals surface area contributed by atoms with Crippen LogP contribution in [0.2, 0.25) is 0 Å². The third kappa shape index (κ3) is 5.12. The van der Waals surface area contributed by atoms with Crippen LogP contribution >= 0.6 is 11.8 Å². The highest BCUT2D eigenvalue weighted by atomic mass is 32.2. The molecule has 0 saturated carbocycles. The molecular formula is C15H18F2N2OS. The molecule has 0 bridgehead atoms. The van der Waals surface area contributed by atoms with Gasteiger partial charge in [0.2, 0.25) is 0 Å². The van der Waals surface area contributed by atoms with Crippen LogP contribution in [-0.4, -0.2) is 23.2 Å². The molecule has 1 aliphatic rings. The van der Waals surface area contributed by atoms with Gasteiger partial charge in [0, 0.05) is 12.7 Å². The molecule has 114 valence electrons. The third-order valence-corrected chi connectivity index (χ3v) is 4.06. The summed E-state index contributed by atoms with van der Waals surface area (Å²) in [5.41, 5.74) is 1.58. The number of allylic oxidation sites excluding steroid dienone is 1. The molecule has 0 unspecified atom stereocenters. The van der Waals surface area contributed by atoms with Crippen molar-refractivity contribution < 1.29 is 13.6 Å². The third-order valence-electron chi connectivity index (χ3n) is 3.33. The van der Waals surface area contributed by atoms with Crippen LogP contribution in [0.3, 0.4) is 0 Å². The van der Waals surface area contributed by atoms with Crippen molar-refractivity contribution in [3.8, 4) is 0 Å². The molecule has 0 saturated heterocycles. The molecule has 2 rings (SSSR count). The number of halogens is 2. The molecule has 21 heavy (non-hydrogen) atoms. The normalized spacial score (nSPS) is 14.9. The van der Waals surface area contributed by atoms with Crippen LogP contribution in [-0.2, 0) is 0 Å². The van der Waals surface area contributed by atoms with Crippen molar-refractivity contribution >= 4 is 17.7 Å². The summed E-state index contributed by atoms with van der Waals surface area (Å²) in [6, 6.07) is 3.10. The number of carbonyl (C=O) groups is 1. The molecule has 0 aromatic carbocycles. The molecule has 1 heterocycles. The Morgan fingerprint density at radius 1 is 1.43 bits per heavy atom. The van der Waals surface area contributed by atoms with E-state index < -0.39 is 5.76 Å². The van der Waals surface area contributed by atoms with E-state index >= 15 is 0 Å². The molecule has 0 radical (unpaired) electrons. The second-order valence-electron chi connectivity index (χ2n) is 4.85. The summed E-state index contributed by atoms with van der Waals surface area (Å²) < 4.78 is 24.9. The van der Waals surface area contributed by atoms with Gasteiger partial charge >= 0.3 is 0 Å². The summed E-state index contributed by atoms with van der Waals surface area (Å²) in [7, 11) is 0. The molecule has 0 aliphatic heterocycles. The smallest absolute Gasteiger partial charge is 0.290 e. The van der Waals surface area contributed by atoms with Crippen LogP contribution in [0, 0.1) is 0 Å². The van der Waals surface area contributed by atoms with E-state index in [4.69, 9.17) is 0 Å². The summed E-state index contributed by atoms with van der Waals surface area (Å²) in [6.07, 6.45) is 9.11. The Hall–Kier alpha value is -1.43. The first kappa shape index (κ1) is 15.9. The molecule has 1 aliphatic carbocycles. The fourth-order valence-corrected chi connectivity index (χ4v) is 2.88. The van der Waals surface area contributed by atoms with E-state index in [1.807, 2.05) is 0 Å². The van der Waals surface area contributed by atoms with Crippen molar-refractivity contribution in [3.05, 3.63) is 35.5 Å². The van der Waals surface area contributed by atoms with E-state index in [-0.39, 0.29) is 16.5 Å². The lowest BCUT2D eigenvalue weighted by Gasteiger charge is -2.13. The average Bonchev–Trinajstić information content (AvgIpc) is 2.48. The molecular weight excluding hydrogens is 294 g/mol. The first-order valence-corrected chi connectivity index (χ1v) is 7.90. The van der Waals surface area contributed by atoms with E-state index in [0.717, 1.165) is 19.3 Å². The fraction of sp³-hybridized carbons (Fsp3) is 0.467. The number of amides is 1. The Labute approximate surface area is 127 Å². The number of alkyl halides is 2. The van der Waals surface area contributed by atoms with Crippen LogP contribution < -0.4 is 5.32 Å². The lowest BCUT2D eigenvalue weighted by atomic mass is 9.97. The van der Waals surface area contributed by atoms with E-state index in [1.165, 1.54) is 30.7 Å². The lowest BCUT2D eigenvalue weighted by molar-refractivity contribution is 0.0950.